The third-order valence-electron chi connectivity index (χ3n) is 4.55. The van der Waals surface area contributed by atoms with E-state index in [-0.39, 0.29) is 17.7 Å². The van der Waals surface area contributed by atoms with Crippen molar-refractivity contribution >= 4 is 23.5 Å². The van der Waals surface area contributed by atoms with E-state index in [0.29, 0.717) is 30.0 Å². The number of nitrogens with zero attached hydrogens (tertiary/aromatic N) is 1. The number of carbonyl (C=O) groups is 2. The second-order valence-electron chi connectivity index (χ2n) is 5.97. The fourth-order valence-electron chi connectivity index (χ4n) is 3.32. The average molecular weight is 326 g/mol. The number of hydrogen-bond acceptors (Lipinski definition) is 2. The maximum Gasteiger partial charge on any atom is 0.326 e. The van der Waals surface area contributed by atoms with Crippen LogP contribution in [-0.4, -0.2) is 34.5 Å². The number of benzene rings is 1. The summed E-state index contributed by atoms with van der Waals surface area (Å²) in [4.78, 5) is 25.3. The summed E-state index contributed by atoms with van der Waals surface area (Å²) in [6.45, 7) is 0.462. The van der Waals surface area contributed by atoms with E-state index in [0.717, 1.165) is 12.8 Å². The Bertz CT molecular complexity index is 601. The first kappa shape index (κ1) is 15.3. The van der Waals surface area contributed by atoms with Gasteiger partial charge in [0.05, 0.1) is 0 Å². The molecule has 1 aromatic rings. The summed E-state index contributed by atoms with van der Waals surface area (Å²) in [5, 5.41) is 9.58. The number of hydrogen-bond donors (Lipinski definition) is 1. The maximum absolute atomic E-state index is 13.9. The number of piperidine rings is 1. The van der Waals surface area contributed by atoms with Gasteiger partial charge in [0.2, 0.25) is 5.91 Å². The third-order valence-corrected chi connectivity index (χ3v) is 4.88. The lowest BCUT2D eigenvalue weighted by Gasteiger charge is -2.33. The summed E-state index contributed by atoms with van der Waals surface area (Å²) in [7, 11) is 0. The Labute approximate surface area is 132 Å². The Kier molecular flexibility index (Phi) is 4.08. The van der Waals surface area contributed by atoms with Gasteiger partial charge in [0.15, 0.2) is 0 Å². The second-order valence-corrected chi connectivity index (χ2v) is 6.37. The zero-order chi connectivity index (χ0) is 15.9. The highest BCUT2D eigenvalue weighted by molar-refractivity contribution is 6.31. The highest BCUT2D eigenvalue weighted by Crippen LogP contribution is 2.51. The molecule has 2 fully saturated rings. The van der Waals surface area contributed by atoms with Crippen molar-refractivity contribution in [1.29, 1.82) is 0 Å². The minimum absolute atomic E-state index is 0.184. The van der Waals surface area contributed by atoms with Gasteiger partial charge in [-0.25, -0.2) is 9.18 Å². The van der Waals surface area contributed by atoms with Crippen LogP contribution in [0.25, 0.3) is 0 Å². The first-order valence-corrected chi connectivity index (χ1v) is 7.85. The van der Waals surface area contributed by atoms with Crippen molar-refractivity contribution < 1.29 is 19.1 Å². The number of carboxylic acids is 1. The molecule has 3 unspecified atom stereocenters. The lowest BCUT2D eigenvalue weighted by molar-refractivity contribution is -0.152. The topological polar surface area (TPSA) is 57.6 Å². The minimum atomic E-state index is -0.964. The van der Waals surface area contributed by atoms with Gasteiger partial charge in [-0.2, -0.15) is 0 Å². The van der Waals surface area contributed by atoms with E-state index in [1.807, 2.05) is 0 Å². The first-order valence-electron chi connectivity index (χ1n) is 7.48. The molecule has 1 amide bonds. The van der Waals surface area contributed by atoms with E-state index in [1.165, 1.54) is 17.0 Å². The molecule has 3 rings (SSSR count). The first-order chi connectivity index (χ1) is 10.5. The number of carboxylic acid groups (broad SMARTS) is 1. The van der Waals surface area contributed by atoms with Crippen LogP contribution in [0.1, 0.15) is 37.2 Å². The van der Waals surface area contributed by atoms with Gasteiger partial charge in [-0.1, -0.05) is 17.7 Å². The molecule has 1 aromatic carbocycles. The number of carbonyl (C=O) groups excluding carboxylic acids is 1. The van der Waals surface area contributed by atoms with Gasteiger partial charge >= 0.3 is 5.97 Å². The molecule has 0 radical (unpaired) electrons. The smallest absolute Gasteiger partial charge is 0.326 e. The second kappa shape index (κ2) is 5.88. The summed E-state index contributed by atoms with van der Waals surface area (Å²) in [5.41, 5.74) is 0.381. The summed E-state index contributed by atoms with van der Waals surface area (Å²) in [6, 6.07) is 3.73. The standard InChI is InChI=1S/C16H17ClFNO3/c17-11-4-3-5-12(18)14(11)9-8-10(9)15(20)19-7-2-1-6-13(19)16(21)22/h3-5,9-10,13H,1-2,6-8H2,(H,21,22). The van der Waals surface area contributed by atoms with Gasteiger partial charge < -0.3 is 10.0 Å². The van der Waals surface area contributed by atoms with E-state index >= 15 is 0 Å². The molecule has 4 nitrogen and oxygen atoms in total. The summed E-state index contributed by atoms with van der Waals surface area (Å²) >= 11 is 6.04. The van der Waals surface area contributed by atoms with E-state index in [4.69, 9.17) is 11.6 Å². The van der Waals surface area contributed by atoms with Crippen LogP contribution in [0, 0.1) is 11.7 Å². The monoisotopic (exact) mass is 325 g/mol. The van der Waals surface area contributed by atoms with Gasteiger partial charge in [-0.15, -0.1) is 0 Å². The fraction of sp³-hybridized carbons (Fsp3) is 0.500. The van der Waals surface area contributed by atoms with Crippen molar-refractivity contribution in [3.8, 4) is 0 Å². The van der Waals surface area contributed by atoms with Crippen molar-refractivity contribution in [2.75, 3.05) is 6.54 Å². The Hall–Kier alpha value is -1.62. The molecule has 22 heavy (non-hydrogen) atoms. The average Bonchev–Trinajstić information content (AvgIpc) is 3.26. The summed E-state index contributed by atoms with van der Waals surface area (Å²) in [5.74, 6) is -2.14. The summed E-state index contributed by atoms with van der Waals surface area (Å²) < 4.78 is 13.9. The fourth-order valence-corrected chi connectivity index (χ4v) is 3.62. The number of amides is 1. The van der Waals surface area contributed by atoms with E-state index < -0.39 is 17.8 Å². The van der Waals surface area contributed by atoms with Gasteiger partial charge in [0.1, 0.15) is 11.9 Å². The van der Waals surface area contributed by atoms with Crippen LogP contribution in [-0.2, 0) is 9.59 Å². The molecule has 1 N–H and O–H groups in total. The molecule has 0 spiro atoms. The normalized spacial score (nSPS) is 27.5. The molecular formula is C16H17ClFNO3. The number of rotatable bonds is 3. The molecule has 1 heterocycles. The molecule has 0 bridgehead atoms. The zero-order valence-electron chi connectivity index (χ0n) is 12.0. The molecule has 6 heteroatoms. The van der Waals surface area contributed by atoms with Gasteiger partial charge in [-0.3, -0.25) is 4.79 Å². The lowest BCUT2D eigenvalue weighted by atomic mass is 10.0. The van der Waals surface area contributed by atoms with Crippen LogP contribution in [0.2, 0.25) is 5.02 Å². The van der Waals surface area contributed by atoms with Crippen LogP contribution in [0.3, 0.4) is 0 Å². The van der Waals surface area contributed by atoms with Crippen LogP contribution in [0.15, 0.2) is 18.2 Å². The van der Waals surface area contributed by atoms with Crippen molar-refractivity contribution in [3.63, 3.8) is 0 Å². The molecule has 3 atom stereocenters. The van der Waals surface area contributed by atoms with E-state index in [2.05, 4.69) is 0 Å². The number of likely N-dealkylation sites (tertiary alicyclic amines) is 1. The van der Waals surface area contributed by atoms with Crippen LogP contribution >= 0.6 is 11.6 Å². The van der Waals surface area contributed by atoms with Gasteiger partial charge in [0, 0.05) is 29.0 Å². The number of halogens is 2. The van der Waals surface area contributed by atoms with Crippen molar-refractivity contribution in [2.24, 2.45) is 5.92 Å². The molecular weight excluding hydrogens is 309 g/mol. The van der Waals surface area contributed by atoms with E-state index in [9.17, 15) is 19.1 Å². The SMILES string of the molecule is O=C(O)C1CCCCN1C(=O)C1CC1c1c(F)cccc1Cl. The quantitative estimate of drug-likeness (QED) is 0.929. The largest absolute Gasteiger partial charge is 0.480 e. The molecule has 118 valence electrons. The van der Waals surface area contributed by atoms with Gasteiger partial charge in [-0.05, 0) is 37.8 Å². The van der Waals surface area contributed by atoms with Crippen molar-refractivity contribution in [2.45, 2.75) is 37.6 Å². The molecule has 1 saturated carbocycles. The Morgan fingerprint density at radius 3 is 2.77 bits per heavy atom. The van der Waals surface area contributed by atoms with E-state index in [1.54, 1.807) is 6.07 Å². The van der Waals surface area contributed by atoms with Crippen LogP contribution in [0.4, 0.5) is 4.39 Å². The Balaban J connectivity index is 1.76. The predicted octanol–water partition coefficient (Wildman–Crippen LogP) is 3.05. The molecule has 1 aliphatic heterocycles. The van der Waals surface area contributed by atoms with Crippen molar-refractivity contribution in [1.82, 2.24) is 4.90 Å². The highest BCUT2D eigenvalue weighted by atomic mass is 35.5. The lowest BCUT2D eigenvalue weighted by Crippen LogP contribution is -2.48. The number of aliphatic carboxylic acids is 1. The van der Waals surface area contributed by atoms with Gasteiger partial charge in [0.25, 0.3) is 0 Å². The highest BCUT2D eigenvalue weighted by Gasteiger charge is 2.49. The Morgan fingerprint density at radius 2 is 2.09 bits per heavy atom. The van der Waals surface area contributed by atoms with Crippen LogP contribution in [0.5, 0.6) is 0 Å². The third kappa shape index (κ3) is 2.70. The Morgan fingerprint density at radius 1 is 1.32 bits per heavy atom. The predicted molar refractivity (Wildman–Crippen MR) is 79.2 cm³/mol. The summed E-state index contributed by atoms with van der Waals surface area (Å²) in [6.07, 6.45) is 2.64. The molecule has 1 saturated heterocycles. The minimum Gasteiger partial charge on any atom is -0.480 e. The molecule has 0 aromatic heterocycles. The molecule has 2 aliphatic rings. The maximum atomic E-state index is 13.9. The molecule has 1 aliphatic carbocycles. The van der Waals surface area contributed by atoms with Crippen molar-refractivity contribution in [3.05, 3.63) is 34.6 Å². The zero-order valence-corrected chi connectivity index (χ0v) is 12.7. The van der Waals surface area contributed by atoms with Crippen LogP contribution < -0.4 is 0 Å².